The summed E-state index contributed by atoms with van der Waals surface area (Å²) in [5.41, 5.74) is 0.0374. The largest absolute Gasteiger partial charge is 0.349 e. The highest BCUT2D eigenvalue weighted by Gasteiger charge is 2.26. The zero-order chi connectivity index (χ0) is 16.5. The highest BCUT2D eigenvalue weighted by molar-refractivity contribution is 5.95. The van der Waals surface area contributed by atoms with Gasteiger partial charge in [0, 0.05) is 11.5 Å². The molecule has 5 heteroatoms. The van der Waals surface area contributed by atoms with Gasteiger partial charge in [0.15, 0.2) is 0 Å². The Morgan fingerprint density at radius 3 is 2.45 bits per heavy atom. The van der Waals surface area contributed by atoms with Crippen LogP contribution in [0.4, 0.5) is 0 Å². The Balaban J connectivity index is 2.25. The predicted molar refractivity (Wildman–Crippen MR) is 87.2 cm³/mol. The van der Waals surface area contributed by atoms with Gasteiger partial charge in [-0.05, 0) is 25.7 Å². The lowest BCUT2D eigenvalue weighted by molar-refractivity contribution is 0.0907. The van der Waals surface area contributed by atoms with Crippen LogP contribution in [0.15, 0.2) is 4.79 Å². The molecule has 2 atom stereocenters. The maximum absolute atomic E-state index is 12.5. The Hall–Kier alpha value is -1.65. The van der Waals surface area contributed by atoms with E-state index < -0.39 is 0 Å². The summed E-state index contributed by atoms with van der Waals surface area (Å²) in [7, 11) is 0. The Morgan fingerprint density at radius 2 is 1.91 bits per heavy atom. The van der Waals surface area contributed by atoms with Crippen molar-refractivity contribution < 1.29 is 4.79 Å². The maximum atomic E-state index is 12.5. The van der Waals surface area contributed by atoms with E-state index in [-0.39, 0.29) is 28.5 Å². The lowest BCUT2D eigenvalue weighted by Gasteiger charge is -2.29. The van der Waals surface area contributed by atoms with Gasteiger partial charge >= 0.3 is 0 Å². The number of rotatable bonds is 2. The number of aromatic nitrogens is 2. The van der Waals surface area contributed by atoms with Gasteiger partial charge in [0.25, 0.3) is 11.5 Å². The normalized spacial score (nSPS) is 22.4. The second-order valence-corrected chi connectivity index (χ2v) is 7.47. The van der Waals surface area contributed by atoms with Gasteiger partial charge in [0.05, 0.1) is 5.69 Å². The molecule has 0 saturated heterocycles. The van der Waals surface area contributed by atoms with Crippen molar-refractivity contribution in [3.63, 3.8) is 0 Å². The van der Waals surface area contributed by atoms with E-state index in [9.17, 15) is 9.59 Å². The molecule has 5 nitrogen and oxygen atoms in total. The average molecular weight is 305 g/mol. The fourth-order valence-corrected chi connectivity index (χ4v) is 2.98. The molecular weight excluding hydrogens is 278 g/mol. The maximum Gasteiger partial charge on any atom is 0.264 e. The van der Waals surface area contributed by atoms with E-state index in [4.69, 9.17) is 0 Å². The van der Waals surface area contributed by atoms with Gasteiger partial charge in [-0.15, -0.1) is 0 Å². The van der Waals surface area contributed by atoms with Crippen LogP contribution in [0, 0.1) is 12.8 Å². The lowest BCUT2D eigenvalue weighted by Crippen LogP contribution is -2.43. The highest BCUT2D eigenvalue weighted by atomic mass is 16.2. The van der Waals surface area contributed by atoms with Crippen LogP contribution in [0.2, 0.25) is 0 Å². The topological polar surface area (TPSA) is 74.8 Å². The van der Waals surface area contributed by atoms with Crippen LogP contribution >= 0.6 is 0 Å². The summed E-state index contributed by atoms with van der Waals surface area (Å²) in [6.07, 6.45) is 4.46. The smallest absolute Gasteiger partial charge is 0.264 e. The molecule has 1 fully saturated rings. The number of H-pyrrole nitrogens is 1. The molecule has 1 aromatic heterocycles. The van der Waals surface area contributed by atoms with Gasteiger partial charge in [-0.25, -0.2) is 4.98 Å². The SMILES string of the molecule is Cc1nc(C(C)(C)C)[nH]c(=O)c1C(=O)N[C@@H]1CCCC[C@H]1C. The Labute approximate surface area is 131 Å². The van der Waals surface area contributed by atoms with Crippen LogP contribution in [0.1, 0.15) is 75.3 Å². The monoisotopic (exact) mass is 305 g/mol. The molecule has 1 aliphatic rings. The fraction of sp³-hybridized carbons (Fsp3) is 0.706. The number of nitrogens with zero attached hydrogens (tertiary/aromatic N) is 1. The molecule has 1 aliphatic carbocycles. The van der Waals surface area contributed by atoms with Crippen LogP contribution in [-0.4, -0.2) is 21.9 Å². The molecule has 1 heterocycles. The van der Waals surface area contributed by atoms with E-state index in [2.05, 4.69) is 22.2 Å². The average Bonchev–Trinajstić information content (AvgIpc) is 2.39. The van der Waals surface area contributed by atoms with E-state index in [1.165, 1.54) is 6.42 Å². The number of hydrogen-bond donors (Lipinski definition) is 2. The van der Waals surface area contributed by atoms with E-state index in [0.717, 1.165) is 19.3 Å². The summed E-state index contributed by atoms with van der Waals surface area (Å²) in [4.78, 5) is 32.0. The van der Waals surface area contributed by atoms with Gasteiger partial charge in [-0.3, -0.25) is 9.59 Å². The minimum absolute atomic E-state index is 0.144. The molecule has 0 spiro atoms. The third kappa shape index (κ3) is 3.57. The minimum Gasteiger partial charge on any atom is -0.349 e. The van der Waals surface area contributed by atoms with Gasteiger partial charge in [-0.1, -0.05) is 40.5 Å². The fourth-order valence-electron chi connectivity index (χ4n) is 2.98. The quantitative estimate of drug-likeness (QED) is 0.882. The number of carbonyl (C=O) groups excluding carboxylic acids is 1. The summed E-state index contributed by atoms with van der Waals surface area (Å²) in [6, 6.07) is 0.155. The molecule has 2 N–H and O–H groups in total. The summed E-state index contributed by atoms with van der Waals surface area (Å²) in [6.45, 7) is 9.82. The first-order chi connectivity index (χ1) is 10.2. The second-order valence-electron chi connectivity index (χ2n) is 7.47. The molecule has 22 heavy (non-hydrogen) atoms. The zero-order valence-electron chi connectivity index (χ0n) is 14.2. The molecule has 1 aromatic rings. The third-order valence-corrected chi connectivity index (χ3v) is 4.47. The van der Waals surface area contributed by atoms with Gasteiger partial charge in [-0.2, -0.15) is 0 Å². The number of nitrogens with one attached hydrogen (secondary N) is 2. The number of carbonyl (C=O) groups is 1. The number of hydrogen-bond acceptors (Lipinski definition) is 3. The zero-order valence-corrected chi connectivity index (χ0v) is 14.2. The molecule has 0 unspecified atom stereocenters. The number of aromatic amines is 1. The molecule has 0 bridgehead atoms. The molecule has 1 amide bonds. The first kappa shape index (κ1) is 16.7. The Bertz CT molecular complexity index is 613. The van der Waals surface area contributed by atoms with Crippen molar-refractivity contribution in [3.05, 3.63) is 27.4 Å². The van der Waals surface area contributed by atoms with Crippen LogP contribution in [0.5, 0.6) is 0 Å². The van der Waals surface area contributed by atoms with Gasteiger partial charge < -0.3 is 10.3 Å². The number of aryl methyl sites for hydroxylation is 1. The van der Waals surface area contributed by atoms with Crippen molar-refractivity contribution in [3.8, 4) is 0 Å². The third-order valence-electron chi connectivity index (χ3n) is 4.47. The van der Waals surface area contributed by atoms with Crippen molar-refractivity contribution in [2.24, 2.45) is 5.92 Å². The van der Waals surface area contributed by atoms with Crippen LogP contribution < -0.4 is 10.9 Å². The van der Waals surface area contributed by atoms with Crippen LogP contribution in [-0.2, 0) is 5.41 Å². The number of amides is 1. The minimum atomic E-state index is -0.349. The van der Waals surface area contributed by atoms with Crippen molar-refractivity contribution in [2.75, 3.05) is 0 Å². The van der Waals surface area contributed by atoms with Gasteiger partial charge in [0.1, 0.15) is 11.4 Å². The molecule has 122 valence electrons. The van der Waals surface area contributed by atoms with E-state index in [0.29, 0.717) is 17.4 Å². The van der Waals surface area contributed by atoms with Crippen LogP contribution in [0.25, 0.3) is 0 Å². The Kier molecular flexibility index (Phi) is 4.73. The summed E-state index contributed by atoms with van der Waals surface area (Å²) in [5, 5.41) is 3.03. The van der Waals surface area contributed by atoms with Crippen molar-refractivity contribution in [2.45, 2.75) is 71.8 Å². The second kappa shape index (κ2) is 6.23. The predicted octanol–water partition coefficient (Wildman–Crippen LogP) is 2.68. The van der Waals surface area contributed by atoms with E-state index in [1.54, 1.807) is 6.92 Å². The first-order valence-corrected chi connectivity index (χ1v) is 8.12. The molecule has 0 radical (unpaired) electrons. The van der Waals surface area contributed by atoms with Crippen molar-refractivity contribution in [1.29, 1.82) is 0 Å². The molecule has 1 saturated carbocycles. The molecule has 2 rings (SSSR count). The van der Waals surface area contributed by atoms with Crippen molar-refractivity contribution in [1.82, 2.24) is 15.3 Å². The summed E-state index contributed by atoms with van der Waals surface area (Å²) >= 11 is 0. The molecular formula is C17H27N3O2. The lowest BCUT2D eigenvalue weighted by atomic mass is 9.86. The van der Waals surface area contributed by atoms with Crippen LogP contribution in [0.3, 0.4) is 0 Å². The van der Waals surface area contributed by atoms with Crippen molar-refractivity contribution >= 4 is 5.91 Å². The summed E-state index contributed by atoms with van der Waals surface area (Å²) < 4.78 is 0. The summed E-state index contributed by atoms with van der Waals surface area (Å²) in [5.74, 6) is 0.766. The standard InChI is InChI=1S/C17H27N3O2/c1-10-8-6-7-9-12(10)19-14(21)13-11(2)18-16(17(3,4)5)20-15(13)22/h10,12H,6-9H2,1-5H3,(H,19,21)(H,18,20,22)/t10-,12-/m1/s1. The molecule has 0 aliphatic heterocycles. The van der Waals surface area contributed by atoms with E-state index in [1.807, 2.05) is 20.8 Å². The first-order valence-electron chi connectivity index (χ1n) is 8.12. The Morgan fingerprint density at radius 1 is 1.27 bits per heavy atom. The van der Waals surface area contributed by atoms with Gasteiger partial charge in [0.2, 0.25) is 0 Å². The highest BCUT2D eigenvalue weighted by Crippen LogP contribution is 2.24. The molecule has 0 aromatic carbocycles. The van der Waals surface area contributed by atoms with E-state index >= 15 is 0 Å².